The van der Waals surface area contributed by atoms with Crippen LogP contribution in [0.4, 0.5) is 23.2 Å². The second-order valence-corrected chi connectivity index (χ2v) is 5.19. The first-order valence-electron chi connectivity index (χ1n) is 6.79. The van der Waals surface area contributed by atoms with Crippen molar-refractivity contribution in [2.75, 3.05) is 5.01 Å². The van der Waals surface area contributed by atoms with E-state index in [1.54, 1.807) is 18.2 Å². The van der Waals surface area contributed by atoms with Crippen LogP contribution in [0.3, 0.4) is 0 Å². The summed E-state index contributed by atoms with van der Waals surface area (Å²) < 4.78 is 53.2. The molecule has 1 aliphatic heterocycles. The van der Waals surface area contributed by atoms with Gasteiger partial charge in [-0.2, -0.15) is 18.3 Å². The largest absolute Gasteiger partial charge is 0.438 e. The fourth-order valence-corrected chi connectivity index (χ4v) is 2.41. The van der Waals surface area contributed by atoms with Crippen molar-refractivity contribution < 1.29 is 22.7 Å². The van der Waals surface area contributed by atoms with E-state index in [1.165, 1.54) is 24.3 Å². The summed E-state index contributed by atoms with van der Waals surface area (Å²) in [5, 5.41) is 14.7. The Bertz CT molecular complexity index is 728. The molecule has 120 valence electrons. The van der Waals surface area contributed by atoms with Crippen LogP contribution in [0.15, 0.2) is 59.7 Å². The van der Waals surface area contributed by atoms with Crippen molar-refractivity contribution >= 4 is 11.4 Å². The van der Waals surface area contributed by atoms with E-state index in [4.69, 9.17) is 0 Å². The summed E-state index contributed by atoms with van der Waals surface area (Å²) in [5.74, 6) is -0.502. The smallest absolute Gasteiger partial charge is 0.362 e. The number of rotatable bonds is 2. The average molecular weight is 324 g/mol. The summed E-state index contributed by atoms with van der Waals surface area (Å²) in [5.41, 5.74) is -2.66. The van der Waals surface area contributed by atoms with Crippen molar-refractivity contribution in [1.82, 2.24) is 0 Å². The number of anilines is 1. The Morgan fingerprint density at radius 3 is 2.17 bits per heavy atom. The lowest BCUT2D eigenvalue weighted by Crippen LogP contribution is -2.55. The second kappa shape index (κ2) is 5.34. The SMILES string of the molecule is OC1(C(F)(F)F)CC(c2ccc(F)cc2)=NN1c1ccccc1. The summed E-state index contributed by atoms with van der Waals surface area (Å²) in [6.45, 7) is 0. The zero-order valence-corrected chi connectivity index (χ0v) is 11.8. The summed E-state index contributed by atoms with van der Waals surface area (Å²) in [6, 6.07) is 12.5. The van der Waals surface area contributed by atoms with E-state index in [2.05, 4.69) is 5.10 Å². The number of para-hydroxylation sites is 1. The first-order valence-corrected chi connectivity index (χ1v) is 6.79. The van der Waals surface area contributed by atoms with Crippen molar-refractivity contribution in [3.05, 3.63) is 66.0 Å². The average Bonchev–Trinajstić information content (AvgIpc) is 2.88. The molecule has 0 spiro atoms. The van der Waals surface area contributed by atoms with Gasteiger partial charge in [0, 0.05) is 0 Å². The van der Waals surface area contributed by atoms with E-state index < -0.39 is 24.1 Å². The third kappa shape index (κ3) is 2.68. The van der Waals surface area contributed by atoms with E-state index in [9.17, 15) is 22.7 Å². The van der Waals surface area contributed by atoms with Crippen LogP contribution < -0.4 is 5.01 Å². The van der Waals surface area contributed by atoms with Crippen LogP contribution in [-0.4, -0.2) is 22.7 Å². The molecule has 2 aromatic carbocycles. The van der Waals surface area contributed by atoms with Crippen molar-refractivity contribution in [1.29, 1.82) is 0 Å². The maximum atomic E-state index is 13.4. The highest BCUT2D eigenvalue weighted by Gasteiger charge is 2.61. The first kappa shape index (κ1) is 15.5. The van der Waals surface area contributed by atoms with Gasteiger partial charge in [-0.1, -0.05) is 30.3 Å². The minimum absolute atomic E-state index is 0.0358. The predicted octanol–water partition coefficient (Wildman–Crippen LogP) is 3.69. The molecular weight excluding hydrogens is 312 g/mol. The molecule has 0 bridgehead atoms. The number of halogens is 4. The molecule has 0 amide bonds. The second-order valence-electron chi connectivity index (χ2n) is 5.19. The molecule has 2 aromatic rings. The van der Waals surface area contributed by atoms with Gasteiger partial charge >= 0.3 is 6.18 Å². The van der Waals surface area contributed by atoms with Crippen molar-refractivity contribution in [2.45, 2.75) is 18.3 Å². The maximum absolute atomic E-state index is 13.4. The van der Waals surface area contributed by atoms with Crippen LogP contribution in [0.25, 0.3) is 0 Å². The fourth-order valence-electron chi connectivity index (χ4n) is 2.41. The molecule has 1 N–H and O–H groups in total. The zero-order chi connectivity index (χ0) is 16.7. The normalized spacial score (nSPS) is 21.4. The van der Waals surface area contributed by atoms with Crippen molar-refractivity contribution in [3.8, 4) is 0 Å². The number of aliphatic hydroxyl groups is 1. The molecule has 0 fully saturated rings. The molecule has 23 heavy (non-hydrogen) atoms. The molecule has 1 aliphatic rings. The third-order valence-electron chi connectivity index (χ3n) is 3.62. The van der Waals surface area contributed by atoms with Crippen LogP contribution in [0.2, 0.25) is 0 Å². The first-order chi connectivity index (χ1) is 10.8. The van der Waals surface area contributed by atoms with Gasteiger partial charge in [0.25, 0.3) is 5.72 Å². The monoisotopic (exact) mass is 324 g/mol. The van der Waals surface area contributed by atoms with E-state index in [0.29, 0.717) is 10.6 Å². The Hall–Kier alpha value is -2.41. The van der Waals surface area contributed by atoms with Crippen LogP contribution in [0, 0.1) is 5.82 Å². The molecule has 1 unspecified atom stereocenters. The number of nitrogens with zero attached hydrogens (tertiary/aromatic N) is 2. The third-order valence-corrected chi connectivity index (χ3v) is 3.62. The number of hydrazone groups is 1. The fraction of sp³-hybridized carbons (Fsp3) is 0.188. The molecule has 1 atom stereocenters. The highest BCUT2D eigenvalue weighted by molar-refractivity contribution is 6.03. The Balaban J connectivity index is 2.06. The van der Waals surface area contributed by atoms with Crippen LogP contribution in [0.1, 0.15) is 12.0 Å². The van der Waals surface area contributed by atoms with E-state index >= 15 is 0 Å². The number of hydrogen-bond acceptors (Lipinski definition) is 3. The van der Waals surface area contributed by atoms with Crippen LogP contribution in [-0.2, 0) is 0 Å². The van der Waals surface area contributed by atoms with E-state index in [0.717, 1.165) is 12.1 Å². The Morgan fingerprint density at radius 1 is 1.00 bits per heavy atom. The molecule has 0 radical (unpaired) electrons. The summed E-state index contributed by atoms with van der Waals surface area (Å²) >= 11 is 0. The van der Waals surface area contributed by atoms with Crippen molar-refractivity contribution in [3.63, 3.8) is 0 Å². The maximum Gasteiger partial charge on any atom is 0.438 e. The van der Waals surface area contributed by atoms with Gasteiger partial charge < -0.3 is 5.11 Å². The van der Waals surface area contributed by atoms with Gasteiger partial charge in [-0.25, -0.2) is 9.40 Å². The standard InChI is InChI=1S/C16H12F4N2O/c17-12-8-6-11(7-9-12)14-10-15(23,16(18,19)20)22(21-14)13-4-2-1-3-5-13/h1-9,23H,10H2. The molecule has 0 saturated heterocycles. The van der Waals surface area contributed by atoms with E-state index in [1.807, 2.05) is 0 Å². The highest BCUT2D eigenvalue weighted by Crippen LogP contribution is 2.43. The molecule has 7 heteroatoms. The lowest BCUT2D eigenvalue weighted by atomic mass is 10.0. The van der Waals surface area contributed by atoms with Gasteiger partial charge in [-0.15, -0.1) is 0 Å². The Labute approximate surface area is 129 Å². The molecule has 3 nitrogen and oxygen atoms in total. The van der Waals surface area contributed by atoms with E-state index in [-0.39, 0.29) is 11.4 Å². The molecular formula is C16H12F4N2O. The molecule has 0 aromatic heterocycles. The summed E-state index contributed by atoms with van der Waals surface area (Å²) in [7, 11) is 0. The number of benzene rings is 2. The predicted molar refractivity (Wildman–Crippen MR) is 77.5 cm³/mol. The Kier molecular flexibility index (Phi) is 3.60. The molecule has 0 saturated carbocycles. The number of hydrogen-bond donors (Lipinski definition) is 1. The molecule has 0 aliphatic carbocycles. The summed E-state index contributed by atoms with van der Waals surface area (Å²) in [6.07, 6.45) is -5.65. The minimum atomic E-state index is -4.91. The van der Waals surface area contributed by atoms with Crippen LogP contribution in [0.5, 0.6) is 0 Å². The highest BCUT2D eigenvalue weighted by atomic mass is 19.4. The summed E-state index contributed by atoms with van der Waals surface area (Å²) in [4.78, 5) is 0. The van der Waals surface area contributed by atoms with Crippen LogP contribution >= 0.6 is 0 Å². The number of alkyl halides is 3. The topological polar surface area (TPSA) is 35.8 Å². The lowest BCUT2D eigenvalue weighted by Gasteiger charge is -2.34. The molecule has 3 rings (SSSR count). The van der Waals surface area contributed by atoms with Gasteiger partial charge in [0.2, 0.25) is 0 Å². The minimum Gasteiger partial charge on any atom is -0.362 e. The van der Waals surface area contributed by atoms with Crippen molar-refractivity contribution in [2.24, 2.45) is 5.10 Å². The lowest BCUT2D eigenvalue weighted by molar-refractivity contribution is -0.254. The van der Waals surface area contributed by atoms with Gasteiger partial charge in [0.15, 0.2) is 0 Å². The van der Waals surface area contributed by atoms with Gasteiger partial charge in [0.05, 0.1) is 17.8 Å². The quantitative estimate of drug-likeness (QED) is 0.855. The zero-order valence-electron chi connectivity index (χ0n) is 11.8. The van der Waals surface area contributed by atoms with Gasteiger partial charge in [-0.3, -0.25) is 0 Å². The van der Waals surface area contributed by atoms with Gasteiger partial charge in [-0.05, 0) is 29.8 Å². The Morgan fingerprint density at radius 2 is 1.61 bits per heavy atom. The molecule has 1 heterocycles. The van der Waals surface area contributed by atoms with Gasteiger partial charge in [0.1, 0.15) is 5.82 Å².